The Bertz CT molecular complexity index is 1990. The first-order chi connectivity index (χ1) is 31.2. The van der Waals surface area contributed by atoms with Crippen molar-refractivity contribution in [3.8, 4) is 0 Å². The van der Waals surface area contributed by atoms with E-state index in [0.29, 0.717) is 24.9 Å². The van der Waals surface area contributed by atoms with Crippen molar-refractivity contribution in [1.29, 1.82) is 0 Å². The number of carbonyl (C=O) groups excluding carboxylic acids is 8. The second kappa shape index (κ2) is 24.4. The monoisotopic (exact) mass is 920 g/mol. The Morgan fingerprint density at radius 3 is 2.14 bits per heavy atom. The van der Waals surface area contributed by atoms with Crippen molar-refractivity contribution in [3.05, 3.63) is 54.6 Å². The normalized spacial score (nSPS) is 18.7. The maximum atomic E-state index is 14.5. The number of likely N-dealkylation sites (tertiary alicyclic amines) is 1. The van der Waals surface area contributed by atoms with E-state index in [1.807, 2.05) is 0 Å². The third-order valence-corrected chi connectivity index (χ3v) is 11.9. The zero-order chi connectivity index (χ0) is 48.7. The molecule has 1 unspecified atom stereocenters. The van der Waals surface area contributed by atoms with E-state index in [0.717, 1.165) is 19.3 Å². The van der Waals surface area contributed by atoms with Crippen LogP contribution in [0.2, 0.25) is 0 Å². The van der Waals surface area contributed by atoms with Gasteiger partial charge in [0.05, 0.1) is 30.7 Å². The third-order valence-electron chi connectivity index (χ3n) is 11.9. The van der Waals surface area contributed by atoms with Crippen molar-refractivity contribution >= 4 is 53.1 Å². The van der Waals surface area contributed by atoms with Crippen LogP contribution in [0.5, 0.6) is 0 Å². The molecule has 8 N–H and O–H groups in total. The molecule has 4 rings (SSSR count). The number of para-hydroxylation sites is 1. The highest BCUT2D eigenvalue weighted by Crippen LogP contribution is 2.28. The second-order valence-corrected chi connectivity index (χ2v) is 18.8. The maximum Gasteiger partial charge on any atom is 0.321 e. The van der Waals surface area contributed by atoms with Crippen LogP contribution in [0.15, 0.2) is 48.9 Å². The van der Waals surface area contributed by atoms with E-state index < -0.39 is 95.7 Å². The van der Waals surface area contributed by atoms with Crippen molar-refractivity contribution in [2.75, 3.05) is 39.0 Å². The Kier molecular flexibility index (Phi) is 19.4. The number of urea groups is 1. The molecule has 2 aromatic rings. The van der Waals surface area contributed by atoms with Crippen LogP contribution in [0.4, 0.5) is 10.5 Å². The van der Waals surface area contributed by atoms with Gasteiger partial charge in [-0.1, -0.05) is 85.4 Å². The Morgan fingerprint density at radius 2 is 1.55 bits per heavy atom. The van der Waals surface area contributed by atoms with Crippen LogP contribution in [0.3, 0.4) is 0 Å². The molecule has 2 heterocycles. The average Bonchev–Trinajstić information content (AvgIpc) is 3.71. The van der Waals surface area contributed by atoms with Crippen molar-refractivity contribution < 1.29 is 43.5 Å². The first-order valence-corrected chi connectivity index (χ1v) is 22.8. The summed E-state index contributed by atoms with van der Waals surface area (Å²) in [5, 5.41) is 30.5. The molecule has 0 radical (unpaired) electrons. The highest BCUT2D eigenvalue weighted by atomic mass is 16.3. The molecule has 9 amide bonds. The minimum atomic E-state index is -1.80. The van der Waals surface area contributed by atoms with Crippen LogP contribution >= 0.6 is 0 Å². The molecule has 2 fully saturated rings. The Balaban J connectivity index is 1.53. The number of anilines is 1. The van der Waals surface area contributed by atoms with E-state index in [9.17, 15) is 43.5 Å². The minimum absolute atomic E-state index is 0.0362. The SMILES string of the molecule is CCC[C@H](NC(=O)[C@@H]1CN(C(=O)Nc2ccccc2)C[C@@H]1NC(=O)[C@@H](NC(=O)[C@@H](NC(=O)c1cnccn1)C1CCCCC1)C(C)(C)C)C(O)C(=O)NCC(=O)N[C@H](C(=O)N(C)C)C(C)C. The molecule has 1 aromatic carbocycles. The number of benzene rings is 1. The number of nitrogens with zero attached hydrogens (tertiary/aromatic N) is 4. The van der Waals surface area contributed by atoms with E-state index in [4.69, 9.17) is 0 Å². The van der Waals surface area contributed by atoms with E-state index >= 15 is 0 Å². The lowest BCUT2D eigenvalue weighted by atomic mass is 9.82. The zero-order valence-corrected chi connectivity index (χ0v) is 39.4. The molecule has 20 heteroatoms. The molecule has 20 nitrogen and oxygen atoms in total. The van der Waals surface area contributed by atoms with Crippen LogP contribution in [0.1, 0.15) is 97.0 Å². The number of aliphatic hydroxyl groups is 1. The minimum Gasteiger partial charge on any atom is -0.381 e. The van der Waals surface area contributed by atoms with Gasteiger partial charge in [0, 0.05) is 45.3 Å². The summed E-state index contributed by atoms with van der Waals surface area (Å²) in [6.45, 7) is 9.80. The first kappa shape index (κ1) is 52.4. The molecule has 7 atom stereocenters. The molecular formula is C46H69N11O9. The van der Waals surface area contributed by atoms with Gasteiger partial charge in [-0.15, -0.1) is 0 Å². The number of nitrogens with one attached hydrogen (secondary N) is 7. The van der Waals surface area contributed by atoms with Gasteiger partial charge in [-0.2, -0.15) is 0 Å². The first-order valence-electron chi connectivity index (χ1n) is 22.8. The van der Waals surface area contributed by atoms with Gasteiger partial charge in [0.2, 0.25) is 29.5 Å². The van der Waals surface area contributed by atoms with E-state index in [2.05, 4.69) is 47.2 Å². The van der Waals surface area contributed by atoms with Gasteiger partial charge in [-0.3, -0.25) is 38.5 Å². The summed E-state index contributed by atoms with van der Waals surface area (Å²) in [5.41, 5.74) is -0.348. The number of hydrogen-bond donors (Lipinski definition) is 8. The summed E-state index contributed by atoms with van der Waals surface area (Å²) in [4.78, 5) is 119. The summed E-state index contributed by atoms with van der Waals surface area (Å²) in [7, 11) is 3.13. The summed E-state index contributed by atoms with van der Waals surface area (Å²) in [5.74, 6) is -5.90. The average molecular weight is 920 g/mol. The Morgan fingerprint density at radius 1 is 0.864 bits per heavy atom. The van der Waals surface area contributed by atoms with E-state index in [1.165, 1.54) is 28.4 Å². The van der Waals surface area contributed by atoms with E-state index in [1.54, 1.807) is 86.0 Å². The number of aromatic nitrogens is 2. The Hall–Kier alpha value is -6.18. The van der Waals surface area contributed by atoms with Crippen molar-refractivity contribution in [3.63, 3.8) is 0 Å². The van der Waals surface area contributed by atoms with Gasteiger partial charge in [-0.05, 0) is 48.6 Å². The van der Waals surface area contributed by atoms with Gasteiger partial charge in [0.1, 0.15) is 23.8 Å². The smallest absolute Gasteiger partial charge is 0.321 e. The summed E-state index contributed by atoms with van der Waals surface area (Å²) in [6, 6.07) is 3.00. The molecule has 362 valence electrons. The van der Waals surface area contributed by atoms with Crippen molar-refractivity contribution in [2.24, 2.45) is 23.2 Å². The lowest BCUT2D eigenvalue weighted by Gasteiger charge is -2.35. The summed E-state index contributed by atoms with van der Waals surface area (Å²) in [6.07, 6.45) is 7.00. The molecule has 0 spiro atoms. The molecular weight excluding hydrogens is 851 g/mol. The largest absolute Gasteiger partial charge is 0.381 e. The molecule has 66 heavy (non-hydrogen) atoms. The van der Waals surface area contributed by atoms with Gasteiger partial charge < -0.3 is 52.1 Å². The fourth-order valence-electron chi connectivity index (χ4n) is 8.16. The van der Waals surface area contributed by atoms with Crippen LogP contribution in [0, 0.1) is 23.2 Å². The lowest BCUT2D eigenvalue weighted by molar-refractivity contribution is -0.137. The van der Waals surface area contributed by atoms with Gasteiger partial charge in [0.25, 0.3) is 11.8 Å². The number of likely N-dealkylation sites (N-methyl/N-ethyl adjacent to an activating group) is 1. The second-order valence-electron chi connectivity index (χ2n) is 18.8. The maximum absolute atomic E-state index is 14.5. The summed E-state index contributed by atoms with van der Waals surface area (Å²) < 4.78 is 0. The highest BCUT2D eigenvalue weighted by Gasteiger charge is 2.45. The number of rotatable bonds is 19. The standard InChI is InChI=1S/C46H69N11O9/c1-9-16-31(37(59)42(63)49-24-34(58)53-35(27(2)3)44(65)56(7)8)51-39(60)30-25-57(45(66)50-29-19-14-11-15-20-29)26-33(30)52-43(64)38(46(4,5)6)55-41(62)36(28-17-12-10-13-18-28)54-40(61)32-23-47-21-22-48-32/h11,14-15,19-23,27-28,30-31,33,35-38,59H,9-10,12-13,16-18,24-26H2,1-8H3,(H,49,63)(H,50,66)(H,51,60)(H,52,64)(H,53,58)(H,54,61)(H,55,62)/t30-,31+,33+,35+,36+,37?,38-/m1/s1. The fraction of sp³-hybridized carbons (Fsp3) is 0.609. The predicted molar refractivity (Wildman–Crippen MR) is 245 cm³/mol. The lowest BCUT2D eigenvalue weighted by Crippen LogP contribution is -2.61. The van der Waals surface area contributed by atoms with Crippen LogP contribution < -0.4 is 37.2 Å². The van der Waals surface area contributed by atoms with Gasteiger partial charge in [-0.25, -0.2) is 9.78 Å². The zero-order valence-electron chi connectivity index (χ0n) is 39.4. The molecule has 1 saturated carbocycles. The van der Waals surface area contributed by atoms with Crippen molar-refractivity contribution in [1.82, 2.24) is 51.7 Å². The quantitative estimate of drug-likeness (QED) is 0.0996. The fourth-order valence-corrected chi connectivity index (χ4v) is 8.16. The molecule has 1 aliphatic carbocycles. The molecule has 1 saturated heterocycles. The van der Waals surface area contributed by atoms with Crippen molar-refractivity contribution in [2.45, 2.75) is 123 Å². The molecule has 0 bridgehead atoms. The molecule has 1 aliphatic heterocycles. The third kappa shape index (κ3) is 14.9. The van der Waals surface area contributed by atoms with Gasteiger partial charge in [0.15, 0.2) is 6.10 Å². The topological polar surface area (TPSA) is 273 Å². The number of hydrogen-bond acceptors (Lipinski definition) is 11. The van der Waals surface area contributed by atoms with Gasteiger partial charge >= 0.3 is 6.03 Å². The number of carbonyl (C=O) groups is 8. The number of amides is 9. The molecule has 1 aromatic heterocycles. The predicted octanol–water partition coefficient (Wildman–Crippen LogP) is 1.33. The van der Waals surface area contributed by atoms with Crippen LogP contribution in [-0.4, -0.2) is 142 Å². The number of aliphatic hydroxyl groups excluding tert-OH is 1. The summed E-state index contributed by atoms with van der Waals surface area (Å²) >= 11 is 0. The van der Waals surface area contributed by atoms with Crippen LogP contribution in [-0.2, 0) is 28.8 Å². The Labute approximate surface area is 387 Å². The van der Waals surface area contributed by atoms with Crippen LogP contribution in [0.25, 0.3) is 0 Å². The van der Waals surface area contributed by atoms with E-state index in [-0.39, 0.29) is 42.9 Å². The molecule has 2 aliphatic rings. The highest BCUT2D eigenvalue weighted by molar-refractivity contribution is 5.98.